The number of nitro groups is 2. The Bertz CT molecular complexity index is 917. The van der Waals surface area contributed by atoms with E-state index in [1.807, 2.05) is 0 Å². The number of rotatable bonds is 2. The van der Waals surface area contributed by atoms with Crippen LogP contribution in [0.25, 0.3) is 10.8 Å². The highest BCUT2D eigenvalue weighted by atomic mass is 16.6. The Labute approximate surface area is 119 Å². The van der Waals surface area contributed by atoms with Crippen LogP contribution in [0.1, 0.15) is 20.7 Å². The Morgan fingerprint density at radius 2 is 1.59 bits per heavy atom. The van der Waals surface area contributed by atoms with Crippen molar-refractivity contribution in [3.05, 3.63) is 49.6 Å². The summed E-state index contributed by atoms with van der Waals surface area (Å²) in [5, 5.41) is 31.1. The van der Waals surface area contributed by atoms with E-state index in [1.54, 1.807) is 0 Å². The van der Waals surface area contributed by atoms with Crippen molar-refractivity contribution >= 4 is 34.1 Å². The van der Waals surface area contributed by atoms with Gasteiger partial charge in [-0.1, -0.05) is 0 Å². The van der Waals surface area contributed by atoms with Gasteiger partial charge < -0.3 is 9.84 Å². The summed E-state index contributed by atoms with van der Waals surface area (Å²) < 4.78 is 4.43. The highest BCUT2D eigenvalue weighted by molar-refractivity contribution is 6.24. The number of carbonyl (C=O) groups excluding carboxylic acids is 2. The topological polar surface area (TPSA) is 150 Å². The largest absolute Gasteiger partial charge is 0.502 e. The van der Waals surface area contributed by atoms with Crippen molar-refractivity contribution in [2.45, 2.75) is 0 Å². The van der Waals surface area contributed by atoms with Gasteiger partial charge in [0.15, 0.2) is 5.75 Å². The van der Waals surface area contributed by atoms with Gasteiger partial charge in [-0.2, -0.15) is 0 Å². The highest BCUT2D eigenvalue weighted by Gasteiger charge is 2.37. The average Bonchev–Trinajstić information content (AvgIpc) is 2.42. The number of carbonyl (C=O) groups is 2. The van der Waals surface area contributed by atoms with Gasteiger partial charge in [-0.25, -0.2) is 9.59 Å². The molecule has 1 N–H and O–H groups in total. The van der Waals surface area contributed by atoms with Gasteiger partial charge in [0.1, 0.15) is 5.39 Å². The second-order valence-corrected chi connectivity index (χ2v) is 4.37. The number of non-ortho nitro benzene ring substituents is 1. The molecule has 0 aromatic heterocycles. The molecule has 2 aromatic rings. The molecule has 0 saturated carbocycles. The van der Waals surface area contributed by atoms with Crippen LogP contribution in [0.15, 0.2) is 18.2 Å². The van der Waals surface area contributed by atoms with Crippen molar-refractivity contribution < 1.29 is 29.3 Å². The molecule has 1 heterocycles. The predicted octanol–water partition coefficient (Wildman–Crippen LogP) is 1.67. The molecule has 110 valence electrons. The minimum atomic E-state index is -1.15. The third kappa shape index (κ3) is 1.60. The smallest absolute Gasteiger partial charge is 0.346 e. The number of phenols is 1. The molecule has 1 aliphatic heterocycles. The highest BCUT2D eigenvalue weighted by Crippen LogP contribution is 2.44. The molecule has 3 rings (SSSR count). The fraction of sp³-hybridized carbons (Fsp3) is 0. The molecule has 2 aromatic carbocycles. The summed E-state index contributed by atoms with van der Waals surface area (Å²) in [4.78, 5) is 43.7. The monoisotopic (exact) mass is 304 g/mol. The molecule has 10 heteroatoms. The standard InChI is InChI=1S/C12H4N2O8/c15-7-3-5-8-4(11(16)22-12(5)17)1-2-6(13(18)19)9(8)10(7)14(20)21/h1-3,15H. The number of hydrogen-bond donors (Lipinski definition) is 1. The van der Waals surface area contributed by atoms with Gasteiger partial charge in [-0.15, -0.1) is 0 Å². The van der Waals surface area contributed by atoms with E-state index >= 15 is 0 Å². The summed E-state index contributed by atoms with van der Waals surface area (Å²) in [5.41, 5.74) is -2.23. The molecule has 22 heavy (non-hydrogen) atoms. The lowest BCUT2D eigenvalue weighted by molar-refractivity contribution is -0.390. The first-order valence-electron chi connectivity index (χ1n) is 5.71. The van der Waals surface area contributed by atoms with Crippen molar-refractivity contribution in [3.63, 3.8) is 0 Å². The van der Waals surface area contributed by atoms with E-state index in [0.29, 0.717) is 0 Å². The Morgan fingerprint density at radius 3 is 2.18 bits per heavy atom. The third-order valence-electron chi connectivity index (χ3n) is 3.22. The van der Waals surface area contributed by atoms with E-state index in [4.69, 9.17) is 0 Å². The van der Waals surface area contributed by atoms with Gasteiger partial charge >= 0.3 is 17.6 Å². The average molecular weight is 304 g/mol. The van der Waals surface area contributed by atoms with Crippen LogP contribution >= 0.6 is 0 Å². The first kappa shape index (κ1) is 13.4. The zero-order chi connectivity index (χ0) is 16.2. The van der Waals surface area contributed by atoms with Crippen LogP contribution < -0.4 is 0 Å². The molecule has 0 bridgehead atoms. The Morgan fingerprint density at radius 1 is 0.955 bits per heavy atom. The summed E-state index contributed by atoms with van der Waals surface area (Å²) in [6.45, 7) is 0. The molecular weight excluding hydrogens is 300 g/mol. The third-order valence-corrected chi connectivity index (χ3v) is 3.22. The van der Waals surface area contributed by atoms with E-state index < -0.39 is 44.3 Å². The zero-order valence-corrected chi connectivity index (χ0v) is 10.4. The lowest BCUT2D eigenvalue weighted by atomic mass is 9.94. The molecule has 0 atom stereocenters. The Hall–Kier alpha value is -3.56. The molecule has 0 spiro atoms. The van der Waals surface area contributed by atoms with Crippen molar-refractivity contribution in [2.24, 2.45) is 0 Å². The van der Waals surface area contributed by atoms with Crippen LogP contribution in [0, 0.1) is 20.2 Å². The number of nitrogens with zero attached hydrogens (tertiary/aromatic N) is 2. The molecule has 0 aliphatic carbocycles. The van der Waals surface area contributed by atoms with Crippen LogP contribution in [0.5, 0.6) is 5.75 Å². The van der Waals surface area contributed by atoms with Crippen molar-refractivity contribution in [1.29, 1.82) is 0 Å². The van der Waals surface area contributed by atoms with E-state index in [2.05, 4.69) is 4.74 Å². The number of esters is 2. The molecule has 0 unspecified atom stereocenters. The van der Waals surface area contributed by atoms with Gasteiger partial charge in [-0.3, -0.25) is 20.2 Å². The maximum atomic E-state index is 11.7. The quantitative estimate of drug-likeness (QED) is 0.381. The maximum absolute atomic E-state index is 11.7. The number of phenolic OH excluding ortho intramolecular Hbond substituents is 1. The molecule has 10 nitrogen and oxygen atoms in total. The molecule has 0 saturated heterocycles. The molecule has 1 aliphatic rings. The minimum Gasteiger partial charge on any atom is -0.502 e. The first-order chi connectivity index (χ1) is 10.3. The summed E-state index contributed by atoms with van der Waals surface area (Å²) in [7, 11) is 0. The second kappa shape index (κ2) is 4.22. The Kier molecular flexibility index (Phi) is 2.57. The molecule has 0 fully saturated rings. The Balaban J connectivity index is 2.66. The fourth-order valence-electron chi connectivity index (χ4n) is 2.38. The number of hydrogen-bond acceptors (Lipinski definition) is 8. The molecular formula is C12H4N2O8. The molecule has 0 radical (unpaired) electrons. The lowest BCUT2D eigenvalue weighted by Gasteiger charge is -2.15. The maximum Gasteiger partial charge on any atom is 0.346 e. The van der Waals surface area contributed by atoms with Gasteiger partial charge in [0.2, 0.25) is 0 Å². The molecule has 0 amide bonds. The van der Waals surface area contributed by atoms with Crippen molar-refractivity contribution in [3.8, 4) is 5.75 Å². The second-order valence-electron chi connectivity index (χ2n) is 4.37. The fourth-order valence-corrected chi connectivity index (χ4v) is 2.38. The van der Waals surface area contributed by atoms with Crippen LogP contribution in [-0.2, 0) is 4.74 Å². The number of ether oxygens (including phenoxy) is 1. The van der Waals surface area contributed by atoms with Crippen LogP contribution in [0.3, 0.4) is 0 Å². The van der Waals surface area contributed by atoms with Gasteiger partial charge in [0, 0.05) is 17.5 Å². The van der Waals surface area contributed by atoms with E-state index in [1.165, 1.54) is 0 Å². The minimum absolute atomic E-state index is 0.224. The van der Waals surface area contributed by atoms with Gasteiger partial charge in [0.25, 0.3) is 5.69 Å². The van der Waals surface area contributed by atoms with Gasteiger partial charge in [0.05, 0.1) is 21.0 Å². The van der Waals surface area contributed by atoms with Crippen molar-refractivity contribution in [2.75, 3.05) is 0 Å². The number of benzene rings is 2. The SMILES string of the molecule is O=C1OC(=O)c2cc(O)c([N+](=O)[O-])c3c([N+](=O)[O-])ccc1c23. The van der Waals surface area contributed by atoms with Crippen LogP contribution in [0.4, 0.5) is 11.4 Å². The van der Waals surface area contributed by atoms with Crippen LogP contribution in [-0.4, -0.2) is 26.9 Å². The number of aromatic hydroxyl groups is 1. The first-order valence-corrected chi connectivity index (χ1v) is 5.71. The summed E-state index contributed by atoms with van der Waals surface area (Å²) in [5.74, 6) is -3.15. The van der Waals surface area contributed by atoms with Crippen LogP contribution in [0.2, 0.25) is 0 Å². The summed E-state index contributed by atoms with van der Waals surface area (Å²) >= 11 is 0. The lowest BCUT2D eigenvalue weighted by Crippen LogP contribution is -2.20. The van der Waals surface area contributed by atoms with E-state index in [0.717, 1.165) is 18.2 Å². The number of cyclic esters (lactones) is 2. The normalized spacial score (nSPS) is 13.1. The summed E-state index contributed by atoms with van der Waals surface area (Å²) in [6, 6.07) is 2.67. The van der Waals surface area contributed by atoms with E-state index in [-0.39, 0.29) is 16.5 Å². The zero-order valence-electron chi connectivity index (χ0n) is 10.4. The van der Waals surface area contributed by atoms with E-state index in [9.17, 15) is 34.9 Å². The van der Waals surface area contributed by atoms with Gasteiger partial charge in [-0.05, 0) is 6.07 Å². The van der Waals surface area contributed by atoms with Crippen molar-refractivity contribution in [1.82, 2.24) is 0 Å². The number of nitro benzene ring substituents is 2. The summed E-state index contributed by atoms with van der Waals surface area (Å²) in [6.07, 6.45) is 0. The predicted molar refractivity (Wildman–Crippen MR) is 68.7 cm³/mol.